The average Bonchev–Trinajstić information content (AvgIpc) is 3.06. The summed E-state index contributed by atoms with van der Waals surface area (Å²) in [6, 6.07) is 8.80. The maximum absolute atomic E-state index is 12.0. The van der Waals surface area contributed by atoms with Crippen molar-refractivity contribution < 1.29 is 9.21 Å². The van der Waals surface area contributed by atoms with Gasteiger partial charge in [-0.25, -0.2) is 0 Å². The second kappa shape index (κ2) is 5.08. The van der Waals surface area contributed by atoms with Gasteiger partial charge in [0, 0.05) is 30.0 Å². The quantitative estimate of drug-likeness (QED) is 0.706. The number of carbonyl (C=O) groups excluding carboxylic acids is 1. The van der Waals surface area contributed by atoms with Crippen LogP contribution in [0.2, 0.25) is 0 Å². The van der Waals surface area contributed by atoms with E-state index in [4.69, 9.17) is 10.2 Å². The van der Waals surface area contributed by atoms with Crippen molar-refractivity contribution >= 4 is 22.6 Å². The number of carbonyl (C=O) groups is 1. The van der Waals surface area contributed by atoms with Crippen LogP contribution >= 0.6 is 0 Å². The van der Waals surface area contributed by atoms with Gasteiger partial charge in [-0.1, -0.05) is 0 Å². The first kappa shape index (κ1) is 12.3. The highest BCUT2D eigenvalue weighted by atomic mass is 16.3. The second-order valence-corrected chi connectivity index (χ2v) is 4.43. The van der Waals surface area contributed by atoms with Gasteiger partial charge >= 0.3 is 0 Å². The Morgan fingerprint density at radius 3 is 3.10 bits per heavy atom. The van der Waals surface area contributed by atoms with Gasteiger partial charge in [0.2, 0.25) is 0 Å². The van der Waals surface area contributed by atoms with E-state index in [1.165, 1.54) is 0 Å². The molecule has 0 aliphatic rings. The van der Waals surface area contributed by atoms with Crippen molar-refractivity contribution in [2.75, 3.05) is 12.3 Å². The minimum atomic E-state index is -0.244. The lowest BCUT2D eigenvalue weighted by atomic mass is 10.2. The van der Waals surface area contributed by atoms with Gasteiger partial charge < -0.3 is 15.5 Å². The minimum absolute atomic E-state index is 0.244. The highest BCUT2D eigenvalue weighted by Crippen LogP contribution is 2.21. The molecule has 6 nitrogen and oxygen atoms in total. The third-order valence-corrected chi connectivity index (χ3v) is 2.95. The van der Waals surface area contributed by atoms with Crippen LogP contribution in [0.4, 0.5) is 5.69 Å². The first-order valence-corrected chi connectivity index (χ1v) is 6.27. The lowest BCUT2D eigenvalue weighted by Gasteiger charge is -2.03. The van der Waals surface area contributed by atoms with E-state index < -0.39 is 0 Å². The van der Waals surface area contributed by atoms with E-state index in [0.717, 1.165) is 5.39 Å². The predicted octanol–water partition coefficient (Wildman–Crippen LogP) is 1.64. The van der Waals surface area contributed by atoms with Crippen molar-refractivity contribution in [1.82, 2.24) is 15.1 Å². The smallest absolute Gasteiger partial charge is 0.287 e. The molecule has 102 valence electrons. The third-order valence-electron chi connectivity index (χ3n) is 2.95. The summed E-state index contributed by atoms with van der Waals surface area (Å²) in [5.74, 6) is 0.0398. The highest BCUT2D eigenvalue weighted by molar-refractivity contribution is 5.96. The molecule has 3 N–H and O–H groups in total. The van der Waals surface area contributed by atoms with Crippen molar-refractivity contribution in [2.24, 2.45) is 0 Å². The molecule has 0 fully saturated rings. The van der Waals surface area contributed by atoms with E-state index in [1.807, 2.05) is 12.3 Å². The number of nitrogen functional groups attached to an aromatic ring is 1. The van der Waals surface area contributed by atoms with E-state index >= 15 is 0 Å². The Kier molecular flexibility index (Phi) is 3.12. The molecule has 3 rings (SSSR count). The number of anilines is 1. The van der Waals surface area contributed by atoms with Gasteiger partial charge in [0.25, 0.3) is 5.91 Å². The standard InChI is InChI=1S/C14H14N4O2/c15-11-2-3-12-10(8-11)9-13(20-12)14(19)16-5-7-18-6-1-4-17-18/h1-4,6,8-9H,5,7,15H2,(H,16,19). The molecule has 0 saturated heterocycles. The number of nitrogens with zero attached hydrogens (tertiary/aromatic N) is 2. The summed E-state index contributed by atoms with van der Waals surface area (Å²) in [6.45, 7) is 1.10. The molecule has 0 aliphatic carbocycles. The molecule has 0 atom stereocenters. The van der Waals surface area contributed by atoms with Crippen LogP contribution in [-0.4, -0.2) is 22.2 Å². The maximum Gasteiger partial charge on any atom is 0.287 e. The Morgan fingerprint density at radius 2 is 2.30 bits per heavy atom. The topological polar surface area (TPSA) is 86.1 Å². The molecule has 1 aromatic carbocycles. The Balaban J connectivity index is 1.66. The Labute approximate surface area is 115 Å². The number of rotatable bonds is 4. The molecule has 0 unspecified atom stereocenters. The van der Waals surface area contributed by atoms with Gasteiger partial charge in [0.1, 0.15) is 5.58 Å². The molecule has 20 heavy (non-hydrogen) atoms. The first-order chi connectivity index (χ1) is 9.72. The zero-order valence-corrected chi connectivity index (χ0v) is 10.7. The molecule has 0 radical (unpaired) electrons. The van der Waals surface area contributed by atoms with Crippen LogP contribution in [0.1, 0.15) is 10.6 Å². The first-order valence-electron chi connectivity index (χ1n) is 6.27. The lowest BCUT2D eigenvalue weighted by molar-refractivity contribution is 0.0926. The number of amides is 1. The van der Waals surface area contributed by atoms with Crippen molar-refractivity contribution in [3.8, 4) is 0 Å². The number of benzene rings is 1. The van der Waals surface area contributed by atoms with E-state index in [-0.39, 0.29) is 11.7 Å². The van der Waals surface area contributed by atoms with Crippen LogP contribution < -0.4 is 11.1 Å². The Morgan fingerprint density at radius 1 is 1.40 bits per heavy atom. The molecule has 0 bridgehead atoms. The number of aromatic nitrogens is 2. The van der Waals surface area contributed by atoms with Crippen LogP contribution in [0.25, 0.3) is 11.0 Å². The van der Waals surface area contributed by atoms with E-state index in [9.17, 15) is 4.79 Å². The molecule has 0 saturated carbocycles. The average molecular weight is 270 g/mol. The van der Waals surface area contributed by atoms with Crippen LogP contribution in [0, 0.1) is 0 Å². The molecule has 3 aromatic rings. The van der Waals surface area contributed by atoms with E-state index in [2.05, 4.69) is 10.4 Å². The van der Waals surface area contributed by atoms with Crippen molar-refractivity contribution in [2.45, 2.75) is 6.54 Å². The molecule has 2 heterocycles. The summed E-state index contributed by atoms with van der Waals surface area (Å²) >= 11 is 0. The zero-order valence-electron chi connectivity index (χ0n) is 10.7. The van der Waals surface area contributed by atoms with E-state index in [0.29, 0.717) is 24.4 Å². The van der Waals surface area contributed by atoms with Gasteiger partial charge in [-0.3, -0.25) is 9.48 Å². The van der Waals surface area contributed by atoms with Gasteiger partial charge in [-0.15, -0.1) is 0 Å². The summed E-state index contributed by atoms with van der Waals surface area (Å²) in [6.07, 6.45) is 3.54. The molecule has 0 spiro atoms. The van der Waals surface area contributed by atoms with Crippen LogP contribution in [0.5, 0.6) is 0 Å². The van der Waals surface area contributed by atoms with Gasteiger partial charge in [-0.2, -0.15) is 5.10 Å². The SMILES string of the molecule is Nc1ccc2oc(C(=O)NCCn3cccn3)cc2c1. The Hall–Kier alpha value is -2.76. The van der Waals surface area contributed by atoms with Crippen LogP contribution in [0.15, 0.2) is 47.1 Å². The van der Waals surface area contributed by atoms with Gasteiger partial charge in [0.15, 0.2) is 5.76 Å². The monoisotopic (exact) mass is 270 g/mol. The fourth-order valence-corrected chi connectivity index (χ4v) is 1.98. The van der Waals surface area contributed by atoms with Crippen LogP contribution in [0.3, 0.4) is 0 Å². The molecular weight excluding hydrogens is 256 g/mol. The lowest BCUT2D eigenvalue weighted by Crippen LogP contribution is -2.26. The number of fused-ring (bicyclic) bond motifs is 1. The number of furan rings is 1. The predicted molar refractivity (Wildman–Crippen MR) is 75.2 cm³/mol. The summed E-state index contributed by atoms with van der Waals surface area (Å²) in [7, 11) is 0. The fourth-order valence-electron chi connectivity index (χ4n) is 1.98. The Bertz CT molecular complexity index is 731. The number of nitrogens with one attached hydrogen (secondary N) is 1. The summed E-state index contributed by atoms with van der Waals surface area (Å²) in [4.78, 5) is 12.0. The number of hydrogen-bond acceptors (Lipinski definition) is 4. The number of hydrogen-bond donors (Lipinski definition) is 2. The normalized spacial score (nSPS) is 10.8. The molecule has 6 heteroatoms. The third kappa shape index (κ3) is 2.49. The van der Waals surface area contributed by atoms with Gasteiger partial charge in [-0.05, 0) is 30.3 Å². The zero-order chi connectivity index (χ0) is 13.9. The van der Waals surface area contributed by atoms with Crippen molar-refractivity contribution in [3.05, 3.63) is 48.5 Å². The largest absolute Gasteiger partial charge is 0.451 e. The number of nitrogens with two attached hydrogens (primary N) is 1. The molecule has 0 aliphatic heterocycles. The van der Waals surface area contributed by atoms with Crippen LogP contribution in [-0.2, 0) is 6.54 Å². The summed E-state index contributed by atoms with van der Waals surface area (Å²) in [5, 5.41) is 7.67. The van der Waals surface area contributed by atoms with Crippen molar-refractivity contribution in [3.63, 3.8) is 0 Å². The maximum atomic E-state index is 12.0. The highest BCUT2D eigenvalue weighted by Gasteiger charge is 2.11. The van der Waals surface area contributed by atoms with Crippen molar-refractivity contribution in [1.29, 1.82) is 0 Å². The molecular formula is C14H14N4O2. The molecule has 1 amide bonds. The fraction of sp³-hybridized carbons (Fsp3) is 0.143. The second-order valence-electron chi connectivity index (χ2n) is 4.43. The van der Waals surface area contributed by atoms with E-state index in [1.54, 1.807) is 35.1 Å². The minimum Gasteiger partial charge on any atom is -0.451 e. The van der Waals surface area contributed by atoms with Gasteiger partial charge in [0.05, 0.1) is 6.54 Å². The summed E-state index contributed by atoms with van der Waals surface area (Å²) in [5.41, 5.74) is 6.98. The summed E-state index contributed by atoms with van der Waals surface area (Å²) < 4.78 is 7.23. The molecule has 2 aromatic heterocycles.